The number of benzene rings is 3. The van der Waals surface area contributed by atoms with Gasteiger partial charge in [-0.2, -0.15) is 0 Å². The number of para-hydroxylation sites is 1. The molecule has 0 bridgehead atoms. The second-order valence-corrected chi connectivity index (χ2v) is 9.77. The van der Waals surface area contributed by atoms with Crippen molar-refractivity contribution in [3.8, 4) is 11.4 Å². The Balaban J connectivity index is 1.35. The van der Waals surface area contributed by atoms with E-state index in [1.807, 2.05) is 66.4 Å². The fraction of sp³-hybridized carbons (Fsp3) is 0.241. The van der Waals surface area contributed by atoms with Crippen LogP contribution in [0.1, 0.15) is 18.1 Å². The van der Waals surface area contributed by atoms with Gasteiger partial charge in [0.15, 0.2) is 11.5 Å². The van der Waals surface area contributed by atoms with Gasteiger partial charge in [-0.05, 0) is 51.1 Å². The third kappa shape index (κ3) is 4.24. The number of hydrogen-bond acceptors (Lipinski definition) is 5. The van der Waals surface area contributed by atoms with Crippen molar-refractivity contribution in [1.29, 1.82) is 0 Å². The Hall–Kier alpha value is -4.46. The van der Waals surface area contributed by atoms with Gasteiger partial charge in [0.2, 0.25) is 5.95 Å². The average molecular weight is 492 g/mol. The molecule has 6 rings (SSSR count). The second kappa shape index (κ2) is 9.20. The van der Waals surface area contributed by atoms with Gasteiger partial charge in [0.05, 0.1) is 5.52 Å². The van der Waals surface area contributed by atoms with Crippen molar-refractivity contribution in [1.82, 2.24) is 24.5 Å². The van der Waals surface area contributed by atoms with E-state index < -0.39 is 0 Å². The van der Waals surface area contributed by atoms with E-state index in [4.69, 9.17) is 4.98 Å². The Bertz CT molecular complexity index is 1610. The molecule has 0 saturated carbocycles. The normalized spacial score (nSPS) is 15.9. The van der Waals surface area contributed by atoms with Crippen LogP contribution in [-0.2, 0) is 0 Å². The van der Waals surface area contributed by atoms with E-state index in [1.54, 1.807) is 0 Å². The Kier molecular flexibility index (Phi) is 5.71. The van der Waals surface area contributed by atoms with Gasteiger partial charge in [0, 0.05) is 42.3 Å². The number of anilines is 2. The molecule has 1 aliphatic rings. The average Bonchev–Trinajstić information content (AvgIpc) is 3.35. The minimum absolute atomic E-state index is 0.0126. The van der Waals surface area contributed by atoms with E-state index in [0.29, 0.717) is 19.6 Å². The second-order valence-electron chi connectivity index (χ2n) is 9.77. The van der Waals surface area contributed by atoms with Crippen LogP contribution in [0.3, 0.4) is 0 Å². The highest BCUT2D eigenvalue weighted by molar-refractivity contribution is 5.93. The molecule has 1 unspecified atom stereocenters. The summed E-state index contributed by atoms with van der Waals surface area (Å²) in [5.74, 6) is 1.56. The number of hydrogen-bond donors (Lipinski definition) is 1. The lowest BCUT2D eigenvalue weighted by atomic mass is 10.1. The van der Waals surface area contributed by atoms with Crippen LogP contribution in [0.2, 0.25) is 0 Å². The summed E-state index contributed by atoms with van der Waals surface area (Å²) in [7, 11) is 0. The standard InChI is InChI=1S/C29H29N7O/c1-19-11-13-23(14-12-19)30-29(37)35-16-15-34(18-21(35)3)28-31-25-10-5-4-9-24(25)27-33-32-26(36(27)28)22-8-6-7-20(2)17-22/h4-14,17,21H,15-16,18H2,1-3H3,(H,30,37). The lowest BCUT2D eigenvalue weighted by molar-refractivity contribution is 0.184. The number of urea groups is 1. The number of aryl methyl sites for hydroxylation is 2. The number of nitrogens with zero attached hydrogens (tertiary/aromatic N) is 6. The molecular formula is C29H29N7O. The summed E-state index contributed by atoms with van der Waals surface area (Å²) in [6.45, 7) is 8.06. The maximum atomic E-state index is 13.1. The molecule has 1 atom stereocenters. The number of fused-ring (bicyclic) bond motifs is 3. The fourth-order valence-electron chi connectivity index (χ4n) is 5.02. The van der Waals surface area contributed by atoms with Gasteiger partial charge in [-0.15, -0.1) is 10.2 Å². The molecule has 8 heteroatoms. The maximum absolute atomic E-state index is 13.1. The minimum atomic E-state index is -0.0858. The van der Waals surface area contributed by atoms with Crippen LogP contribution >= 0.6 is 0 Å². The molecule has 0 aliphatic carbocycles. The Morgan fingerprint density at radius 2 is 1.73 bits per heavy atom. The first-order valence-electron chi connectivity index (χ1n) is 12.6. The summed E-state index contributed by atoms with van der Waals surface area (Å²) < 4.78 is 2.06. The first-order valence-corrected chi connectivity index (χ1v) is 12.6. The van der Waals surface area contributed by atoms with Crippen molar-refractivity contribution >= 4 is 34.2 Å². The number of nitrogens with one attached hydrogen (secondary N) is 1. The monoisotopic (exact) mass is 491 g/mol. The van der Waals surface area contributed by atoms with Crippen molar-refractivity contribution in [3.63, 3.8) is 0 Å². The number of rotatable bonds is 3. The topological polar surface area (TPSA) is 78.7 Å². The van der Waals surface area contributed by atoms with Crippen molar-refractivity contribution < 1.29 is 4.79 Å². The zero-order chi connectivity index (χ0) is 25.5. The van der Waals surface area contributed by atoms with E-state index in [9.17, 15) is 4.79 Å². The molecule has 2 aromatic heterocycles. The van der Waals surface area contributed by atoms with Gasteiger partial charge in [0.1, 0.15) is 0 Å². The molecule has 0 radical (unpaired) electrons. The van der Waals surface area contributed by atoms with Gasteiger partial charge in [0.25, 0.3) is 0 Å². The summed E-state index contributed by atoms with van der Waals surface area (Å²) in [6.07, 6.45) is 0. The minimum Gasteiger partial charge on any atom is -0.338 e. The Labute approximate surface area is 215 Å². The summed E-state index contributed by atoms with van der Waals surface area (Å²) in [4.78, 5) is 22.3. The third-order valence-corrected chi connectivity index (χ3v) is 6.98. The number of carbonyl (C=O) groups is 1. The number of aromatic nitrogens is 4. The molecule has 37 heavy (non-hydrogen) atoms. The van der Waals surface area contributed by atoms with E-state index in [2.05, 4.69) is 56.9 Å². The fourth-order valence-corrected chi connectivity index (χ4v) is 5.02. The zero-order valence-electron chi connectivity index (χ0n) is 21.2. The van der Waals surface area contributed by atoms with Crippen LogP contribution in [0.15, 0.2) is 72.8 Å². The Morgan fingerprint density at radius 3 is 2.51 bits per heavy atom. The molecule has 5 aromatic rings. The molecule has 186 valence electrons. The third-order valence-electron chi connectivity index (χ3n) is 6.98. The van der Waals surface area contributed by atoms with E-state index >= 15 is 0 Å². The maximum Gasteiger partial charge on any atom is 0.322 e. The van der Waals surface area contributed by atoms with Gasteiger partial charge < -0.3 is 15.1 Å². The van der Waals surface area contributed by atoms with Crippen LogP contribution < -0.4 is 10.2 Å². The van der Waals surface area contributed by atoms with Crippen LogP contribution in [0, 0.1) is 13.8 Å². The molecule has 8 nitrogen and oxygen atoms in total. The van der Waals surface area contributed by atoms with Crippen LogP contribution in [0.5, 0.6) is 0 Å². The summed E-state index contributed by atoms with van der Waals surface area (Å²) in [5, 5.41) is 13.2. The molecule has 1 fully saturated rings. The summed E-state index contributed by atoms with van der Waals surface area (Å²) >= 11 is 0. The SMILES string of the molecule is Cc1ccc(NC(=O)N2CCN(c3nc4ccccc4c4nnc(-c5cccc(C)c5)n34)CC2C)cc1. The molecule has 2 amide bonds. The molecular weight excluding hydrogens is 462 g/mol. The van der Waals surface area contributed by atoms with E-state index in [-0.39, 0.29) is 12.1 Å². The van der Waals surface area contributed by atoms with Gasteiger partial charge >= 0.3 is 6.03 Å². The molecule has 1 saturated heterocycles. The molecule has 1 aliphatic heterocycles. The van der Waals surface area contributed by atoms with Crippen LogP contribution in [-0.4, -0.2) is 56.2 Å². The molecule has 3 aromatic carbocycles. The van der Waals surface area contributed by atoms with Crippen molar-refractivity contribution in [2.24, 2.45) is 0 Å². The van der Waals surface area contributed by atoms with Gasteiger partial charge in [-0.25, -0.2) is 14.2 Å². The predicted octanol–water partition coefficient (Wildman–Crippen LogP) is 5.30. The first kappa shape index (κ1) is 23.0. The van der Waals surface area contributed by atoms with Crippen molar-refractivity contribution in [2.45, 2.75) is 26.8 Å². The highest BCUT2D eigenvalue weighted by atomic mass is 16.2. The van der Waals surface area contributed by atoms with Crippen molar-refractivity contribution in [2.75, 3.05) is 29.9 Å². The molecule has 0 spiro atoms. The lowest BCUT2D eigenvalue weighted by Crippen LogP contribution is -2.55. The molecule has 3 heterocycles. The van der Waals surface area contributed by atoms with Gasteiger partial charge in [-0.3, -0.25) is 0 Å². The number of amides is 2. The number of carbonyl (C=O) groups excluding carboxylic acids is 1. The van der Waals surface area contributed by atoms with Crippen LogP contribution in [0.4, 0.5) is 16.4 Å². The molecule has 1 N–H and O–H groups in total. The zero-order valence-corrected chi connectivity index (χ0v) is 21.2. The van der Waals surface area contributed by atoms with Gasteiger partial charge in [-0.1, -0.05) is 53.6 Å². The van der Waals surface area contributed by atoms with Crippen LogP contribution in [0.25, 0.3) is 27.9 Å². The number of piperazine rings is 1. The summed E-state index contributed by atoms with van der Waals surface area (Å²) in [6, 6.07) is 24.1. The highest BCUT2D eigenvalue weighted by Gasteiger charge is 2.30. The highest BCUT2D eigenvalue weighted by Crippen LogP contribution is 2.30. The van der Waals surface area contributed by atoms with E-state index in [0.717, 1.165) is 50.7 Å². The predicted molar refractivity (Wildman–Crippen MR) is 147 cm³/mol. The Morgan fingerprint density at radius 1 is 0.919 bits per heavy atom. The largest absolute Gasteiger partial charge is 0.338 e. The summed E-state index contributed by atoms with van der Waals surface area (Å²) in [5.41, 5.74) is 5.77. The van der Waals surface area contributed by atoms with E-state index in [1.165, 1.54) is 0 Å². The first-order chi connectivity index (χ1) is 18.0. The lowest BCUT2D eigenvalue weighted by Gasteiger charge is -2.40. The quantitative estimate of drug-likeness (QED) is 0.370. The smallest absolute Gasteiger partial charge is 0.322 e. The van der Waals surface area contributed by atoms with Crippen molar-refractivity contribution in [3.05, 3.63) is 83.9 Å².